The summed E-state index contributed by atoms with van der Waals surface area (Å²) in [4.78, 5) is 0. The average Bonchev–Trinajstić information content (AvgIpc) is 2.49. The van der Waals surface area contributed by atoms with Crippen molar-refractivity contribution in [2.24, 2.45) is 0 Å². The second-order valence-corrected chi connectivity index (χ2v) is 5.91. The molecule has 21 heavy (non-hydrogen) atoms. The van der Waals surface area contributed by atoms with Gasteiger partial charge in [-0.05, 0) is 6.42 Å². The summed E-state index contributed by atoms with van der Waals surface area (Å²) in [6, 6.07) is 0. The van der Waals surface area contributed by atoms with Crippen LogP contribution in [-0.2, 0) is 0 Å². The molecule has 0 saturated carbocycles. The van der Waals surface area contributed by atoms with Crippen molar-refractivity contribution in [3.05, 3.63) is 12.3 Å². The maximum atomic E-state index is 8.95. The Morgan fingerprint density at radius 3 is 1.19 bits per heavy atom. The Balaban J connectivity index is 0. The molecule has 0 bridgehead atoms. The maximum absolute atomic E-state index is 8.95. The van der Waals surface area contributed by atoms with Crippen molar-refractivity contribution in [2.75, 3.05) is 0 Å². The minimum atomic E-state index is 0.346. The van der Waals surface area contributed by atoms with E-state index < -0.39 is 0 Å². The topological polar surface area (TPSA) is 20.2 Å². The van der Waals surface area contributed by atoms with Crippen LogP contribution in [0.4, 0.5) is 0 Å². The van der Waals surface area contributed by atoms with E-state index in [9.17, 15) is 0 Å². The number of aliphatic hydroxyl groups is 1. The average molecular weight is 299 g/mol. The lowest BCUT2D eigenvalue weighted by Gasteiger charge is -2.03. The minimum absolute atomic E-state index is 0.346. The van der Waals surface area contributed by atoms with E-state index in [0.717, 1.165) is 12.8 Å². The molecule has 0 spiro atoms. The summed E-state index contributed by atoms with van der Waals surface area (Å²) in [6.07, 6.45) is 20.1. The Morgan fingerprint density at radius 1 is 0.619 bits per heavy atom. The fourth-order valence-electron chi connectivity index (χ4n) is 2.52. The Labute approximate surface area is 135 Å². The zero-order valence-electron chi connectivity index (χ0n) is 15.3. The molecule has 1 N–H and O–H groups in total. The quantitative estimate of drug-likeness (QED) is 0.240. The molecule has 0 atom stereocenters. The van der Waals surface area contributed by atoms with E-state index in [1.165, 1.54) is 83.5 Å². The van der Waals surface area contributed by atoms with Crippen molar-refractivity contribution in [3.63, 3.8) is 0 Å². The molecule has 1 nitrogen and oxygen atoms in total. The van der Waals surface area contributed by atoms with Gasteiger partial charge in [0.15, 0.2) is 0 Å². The lowest BCUT2D eigenvalue weighted by molar-refractivity contribution is 0.383. The van der Waals surface area contributed by atoms with Crippen LogP contribution in [0, 0.1) is 0 Å². The lowest BCUT2D eigenvalue weighted by Crippen LogP contribution is -1.84. The summed E-state index contributed by atoms with van der Waals surface area (Å²) in [7, 11) is 0. The molecule has 0 aliphatic rings. The lowest BCUT2D eigenvalue weighted by atomic mass is 10.0. The molecule has 0 aromatic carbocycles. The van der Waals surface area contributed by atoms with Crippen LogP contribution < -0.4 is 0 Å². The molecule has 0 aliphatic carbocycles. The van der Waals surface area contributed by atoms with E-state index in [-0.39, 0.29) is 0 Å². The van der Waals surface area contributed by atoms with Crippen molar-refractivity contribution in [1.82, 2.24) is 0 Å². The van der Waals surface area contributed by atoms with E-state index in [2.05, 4.69) is 13.5 Å². The summed E-state index contributed by atoms with van der Waals surface area (Å²) in [5.74, 6) is 0.346. The van der Waals surface area contributed by atoms with Crippen LogP contribution >= 0.6 is 0 Å². The third-order valence-corrected chi connectivity index (χ3v) is 3.82. The molecule has 0 rings (SSSR count). The SMILES string of the molecule is C=C(O)CCCCCCCCCCCCCCCC.CC. The molecule has 0 amide bonds. The molecule has 0 saturated heterocycles. The number of hydrogen-bond donors (Lipinski definition) is 1. The summed E-state index contributed by atoms with van der Waals surface area (Å²) in [5.41, 5.74) is 0. The Kier molecular flexibility index (Phi) is 23.7. The minimum Gasteiger partial charge on any atom is -0.513 e. The molecule has 0 aromatic heterocycles. The molecule has 0 radical (unpaired) electrons. The van der Waals surface area contributed by atoms with Crippen molar-refractivity contribution < 1.29 is 5.11 Å². The van der Waals surface area contributed by atoms with Gasteiger partial charge in [0.05, 0.1) is 5.76 Å². The normalized spacial score (nSPS) is 10.0. The van der Waals surface area contributed by atoms with Gasteiger partial charge in [0.1, 0.15) is 0 Å². The van der Waals surface area contributed by atoms with Crippen molar-refractivity contribution >= 4 is 0 Å². The number of aliphatic hydroxyl groups excluding tert-OH is 1. The highest BCUT2D eigenvalue weighted by molar-refractivity contribution is 4.77. The second kappa shape index (κ2) is 21.8. The van der Waals surface area contributed by atoms with Gasteiger partial charge in [-0.1, -0.05) is 111 Å². The predicted molar refractivity (Wildman–Crippen MR) is 98.0 cm³/mol. The molecule has 128 valence electrons. The number of allylic oxidation sites excluding steroid dienone is 1. The van der Waals surface area contributed by atoms with Gasteiger partial charge in [-0.25, -0.2) is 0 Å². The van der Waals surface area contributed by atoms with Crippen LogP contribution in [0.2, 0.25) is 0 Å². The van der Waals surface area contributed by atoms with Gasteiger partial charge in [-0.2, -0.15) is 0 Å². The third-order valence-electron chi connectivity index (χ3n) is 3.82. The Bertz CT molecular complexity index is 186. The first-order valence-electron chi connectivity index (χ1n) is 9.64. The highest BCUT2D eigenvalue weighted by atomic mass is 16.3. The van der Waals surface area contributed by atoms with Crippen LogP contribution in [0.1, 0.15) is 117 Å². The highest BCUT2D eigenvalue weighted by Gasteiger charge is 1.94. The molecule has 1 heteroatoms. The van der Waals surface area contributed by atoms with Crippen molar-refractivity contribution in [1.29, 1.82) is 0 Å². The zero-order valence-corrected chi connectivity index (χ0v) is 15.3. The Morgan fingerprint density at radius 2 is 0.905 bits per heavy atom. The standard InChI is InChI=1S/C18H36O.C2H6/c1-3-4-5-6-7-8-9-10-11-12-13-14-15-16-17-18(2)19;1-2/h19H,2-17H2,1H3;1-2H3. The third kappa shape index (κ3) is 24.9. The molecular weight excluding hydrogens is 256 g/mol. The summed E-state index contributed by atoms with van der Waals surface area (Å²) in [6.45, 7) is 9.79. The summed E-state index contributed by atoms with van der Waals surface area (Å²) in [5, 5.41) is 8.95. The van der Waals surface area contributed by atoms with E-state index in [0.29, 0.717) is 5.76 Å². The van der Waals surface area contributed by atoms with Gasteiger partial charge < -0.3 is 5.11 Å². The molecule has 0 aliphatic heterocycles. The van der Waals surface area contributed by atoms with Gasteiger partial charge in [0.25, 0.3) is 0 Å². The van der Waals surface area contributed by atoms with Crippen molar-refractivity contribution in [3.8, 4) is 0 Å². The van der Waals surface area contributed by atoms with Gasteiger partial charge in [0, 0.05) is 6.42 Å². The predicted octanol–water partition coefficient (Wildman–Crippen LogP) is 7.96. The summed E-state index contributed by atoms with van der Waals surface area (Å²) >= 11 is 0. The van der Waals surface area contributed by atoms with Crippen molar-refractivity contribution in [2.45, 2.75) is 117 Å². The first-order chi connectivity index (χ1) is 10.3. The first kappa shape index (κ1) is 22.8. The molecule has 0 unspecified atom stereocenters. The molecular formula is C20H42O. The second-order valence-electron chi connectivity index (χ2n) is 5.91. The zero-order chi connectivity index (χ0) is 16.2. The summed E-state index contributed by atoms with van der Waals surface area (Å²) < 4.78 is 0. The van der Waals surface area contributed by atoms with Gasteiger partial charge in [-0.15, -0.1) is 0 Å². The molecule has 0 heterocycles. The van der Waals surface area contributed by atoms with Gasteiger partial charge in [0.2, 0.25) is 0 Å². The van der Waals surface area contributed by atoms with E-state index in [4.69, 9.17) is 5.11 Å². The largest absolute Gasteiger partial charge is 0.513 e. The van der Waals surface area contributed by atoms with E-state index in [1.807, 2.05) is 13.8 Å². The van der Waals surface area contributed by atoms with E-state index in [1.54, 1.807) is 0 Å². The monoisotopic (exact) mass is 298 g/mol. The van der Waals surface area contributed by atoms with Crippen LogP contribution in [0.15, 0.2) is 12.3 Å². The molecule has 0 aromatic rings. The van der Waals surface area contributed by atoms with Crippen LogP contribution in [-0.4, -0.2) is 5.11 Å². The molecule has 0 fully saturated rings. The number of hydrogen-bond acceptors (Lipinski definition) is 1. The number of unbranched alkanes of at least 4 members (excludes halogenated alkanes) is 13. The number of rotatable bonds is 15. The fourth-order valence-corrected chi connectivity index (χ4v) is 2.52. The fraction of sp³-hybridized carbons (Fsp3) is 0.900. The Hall–Kier alpha value is -0.460. The first-order valence-corrected chi connectivity index (χ1v) is 9.64. The van der Waals surface area contributed by atoms with Gasteiger partial charge >= 0.3 is 0 Å². The van der Waals surface area contributed by atoms with Crippen LogP contribution in [0.3, 0.4) is 0 Å². The highest BCUT2D eigenvalue weighted by Crippen LogP contribution is 2.13. The van der Waals surface area contributed by atoms with E-state index >= 15 is 0 Å². The van der Waals surface area contributed by atoms with Gasteiger partial charge in [-0.3, -0.25) is 0 Å². The van der Waals surface area contributed by atoms with Crippen LogP contribution in [0.25, 0.3) is 0 Å². The maximum Gasteiger partial charge on any atom is 0.0851 e. The van der Waals surface area contributed by atoms with Crippen LogP contribution in [0.5, 0.6) is 0 Å². The smallest absolute Gasteiger partial charge is 0.0851 e.